The Morgan fingerprint density at radius 3 is 1.22 bits per heavy atom. The summed E-state index contributed by atoms with van der Waals surface area (Å²) in [6.07, 6.45) is 12.5. The van der Waals surface area contributed by atoms with Crippen LogP contribution in [0, 0.1) is 0 Å². The maximum atomic E-state index is 5.72. The smallest absolute Gasteiger partial charge is 0.122 e. The molecule has 0 spiro atoms. The van der Waals surface area contributed by atoms with Gasteiger partial charge in [-0.15, -0.1) is 0 Å². The first-order valence-corrected chi connectivity index (χ1v) is 14.9. The van der Waals surface area contributed by atoms with Crippen LogP contribution >= 0.6 is 0 Å². The van der Waals surface area contributed by atoms with Gasteiger partial charge in [0.2, 0.25) is 0 Å². The lowest BCUT2D eigenvalue weighted by molar-refractivity contribution is 0.409. The summed E-state index contributed by atoms with van der Waals surface area (Å²) in [6.45, 7) is 0.829. The van der Waals surface area contributed by atoms with Gasteiger partial charge in [0.25, 0.3) is 0 Å². The van der Waals surface area contributed by atoms with Crippen molar-refractivity contribution >= 4 is 11.4 Å². The van der Waals surface area contributed by atoms with Gasteiger partial charge in [-0.25, -0.2) is 0 Å². The second kappa shape index (κ2) is 11.0. The summed E-state index contributed by atoms with van der Waals surface area (Å²) in [4.78, 5) is 4.88. The summed E-state index contributed by atoms with van der Waals surface area (Å²) >= 11 is 0. The summed E-state index contributed by atoms with van der Waals surface area (Å²) in [7, 11) is 3.57. The van der Waals surface area contributed by atoms with E-state index in [2.05, 4.69) is 95.0 Å². The highest BCUT2D eigenvalue weighted by molar-refractivity contribution is 5.66. The van der Waals surface area contributed by atoms with Crippen LogP contribution in [-0.4, -0.2) is 20.9 Å². The molecule has 208 valence electrons. The fraction of sp³-hybridized carbons (Fsp3) is 0.297. The van der Waals surface area contributed by atoms with E-state index in [0.29, 0.717) is 0 Å². The maximum Gasteiger partial charge on any atom is 0.122 e. The summed E-state index contributed by atoms with van der Waals surface area (Å²) in [5, 5.41) is 0. The van der Waals surface area contributed by atoms with Crippen LogP contribution in [0.3, 0.4) is 0 Å². The van der Waals surface area contributed by atoms with E-state index >= 15 is 0 Å². The van der Waals surface area contributed by atoms with E-state index < -0.39 is 0 Å². The quantitative estimate of drug-likeness (QED) is 0.272. The Hall–Kier alpha value is -4.18. The van der Waals surface area contributed by atoms with Crippen molar-refractivity contribution in [3.63, 3.8) is 0 Å². The zero-order chi connectivity index (χ0) is 27.8. The molecule has 1 heterocycles. The van der Waals surface area contributed by atoms with E-state index in [9.17, 15) is 0 Å². The molecule has 4 aromatic rings. The van der Waals surface area contributed by atoms with Crippen molar-refractivity contribution in [3.8, 4) is 11.5 Å². The Balaban J connectivity index is 1.15. The highest BCUT2D eigenvalue weighted by Crippen LogP contribution is 2.34. The molecule has 0 N–H and O–H groups in total. The van der Waals surface area contributed by atoms with E-state index in [1.54, 1.807) is 14.2 Å². The second-order valence-electron chi connectivity index (χ2n) is 11.6. The van der Waals surface area contributed by atoms with Crippen molar-refractivity contribution < 1.29 is 9.47 Å². The summed E-state index contributed by atoms with van der Waals surface area (Å²) in [6, 6.07) is 27.7. The molecule has 0 aromatic heterocycles. The summed E-state index contributed by atoms with van der Waals surface area (Å²) < 4.78 is 11.4. The molecule has 1 aliphatic heterocycles. The van der Waals surface area contributed by atoms with Crippen LogP contribution < -0.4 is 19.3 Å². The van der Waals surface area contributed by atoms with Crippen LogP contribution in [0.5, 0.6) is 11.5 Å². The van der Waals surface area contributed by atoms with Gasteiger partial charge in [0.15, 0.2) is 0 Å². The van der Waals surface area contributed by atoms with E-state index in [1.165, 1.54) is 55.9 Å². The van der Waals surface area contributed by atoms with Gasteiger partial charge in [0.1, 0.15) is 11.5 Å². The first-order chi connectivity index (χ1) is 20.2. The molecule has 0 saturated carbocycles. The van der Waals surface area contributed by atoms with Crippen LogP contribution in [-0.2, 0) is 51.4 Å². The van der Waals surface area contributed by atoms with Crippen molar-refractivity contribution in [1.29, 1.82) is 0 Å². The molecule has 0 radical (unpaired) electrons. The molecule has 4 aromatic carbocycles. The molecule has 0 saturated heterocycles. The van der Waals surface area contributed by atoms with Gasteiger partial charge in [0.05, 0.1) is 20.9 Å². The lowest BCUT2D eigenvalue weighted by Crippen LogP contribution is -2.26. The fourth-order valence-electron chi connectivity index (χ4n) is 6.64. The first-order valence-electron chi connectivity index (χ1n) is 14.9. The minimum atomic E-state index is 0.829. The maximum absolute atomic E-state index is 5.72. The lowest BCUT2D eigenvalue weighted by Gasteiger charge is -2.27. The standard InChI is InChI=1S/C37H38N2O2/c1-40-36-23-28-5-13-30-11-3-26(7-15-32(36)17-9-28)21-34(30)38-19-20-39(25-38)35-22-27-4-12-31(35)14-6-29-10-18-33(16-8-27)37(24-29)41-2/h3-4,9-12,17-24H,5-8,13-16,25H2,1-2H3. The Kier molecular flexibility index (Phi) is 6.92. The number of methoxy groups -OCH3 is 2. The summed E-state index contributed by atoms with van der Waals surface area (Å²) in [5.74, 6) is 2.05. The van der Waals surface area contributed by atoms with Gasteiger partial charge in [0, 0.05) is 23.8 Å². The fourth-order valence-corrected chi connectivity index (χ4v) is 6.64. The van der Waals surface area contributed by atoms with Gasteiger partial charge in [-0.3, -0.25) is 0 Å². The Morgan fingerprint density at radius 1 is 0.439 bits per heavy atom. The highest BCUT2D eigenvalue weighted by Gasteiger charge is 2.22. The molecule has 4 heteroatoms. The Morgan fingerprint density at radius 2 is 0.805 bits per heavy atom. The van der Waals surface area contributed by atoms with Crippen LogP contribution in [0.15, 0.2) is 85.2 Å². The number of aryl methyl sites for hydroxylation is 8. The number of benzene rings is 4. The monoisotopic (exact) mass is 542 g/mol. The summed E-state index contributed by atoms with van der Waals surface area (Å²) in [5.41, 5.74) is 13.5. The molecule has 9 aliphatic rings. The number of nitrogens with zero attached hydrogens (tertiary/aromatic N) is 2. The van der Waals surface area contributed by atoms with Gasteiger partial charge in [-0.1, -0.05) is 48.5 Å². The second-order valence-corrected chi connectivity index (χ2v) is 11.6. The van der Waals surface area contributed by atoms with Crippen molar-refractivity contribution in [1.82, 2.24) is 0 Å². The number of rotatable bonds is 4. The molecular formula is C37H38N2O2. The molecule has 41 heavy (non-hydrogen) atoms. The van der Waals surface area contributed by atoms with Crippen molar-refractivity contribution in [2.75, 3.05) is 30.7 Å². The van der Waals surface area contributed by atoms with Crippen LogP contribution in [0.4, 0.5) is 11.4 Å². The predicted molar refractivity (Wildman–Crippen MR) is 167 cm³/mol. The van der Waals surface area contributed by atoms with Crippen LogP contribution in [0.1, 0.15) is 44.5 Å². The third-order valence-corrected chi connectivity index (χ3v) is 9.08. The molecule has 0 unspecified atom stereocenters. The van der Waals surface area contributed by atoms with Crippen LogP contribution in [0.2, 0.25) is 0 Å². The minimum Gasteiger partial charge on any atom is -0.496 e. The zero-order valence-corrected chi connectivity index (χ0v) is 24.2. The van der Waals surface area contributed by atoms with Gasteiger partial charge in [-0.2, -0.15) is 0 Å². The average Bonchev–Trinajstić information content (AvgIpc) is 3.49. The number of hydrogen-bond donors (Lipinski definition) is 0. The zero-order valence-electron chi connectivity index (χ0n) is 24.2. The van der Waals surface area contributed by atoms with Crippen molar-refractivity contribution in [3.05, 3.63) is 130 Å². The third kappa shape index (κ3) is 5.19. The molecule has 0 atom stereocenters. The normalized spacial score (nSPS) is 16.0. The lowest BCUT2D eigenvalue weighted by atomic mass is 9.94. The van der Waals surface area contributed by atoms with Crippen molar-refractivity contribution in [2.45, 2.75) is 51.4 Å². The molecule has 8 bridgehead atoms. The first kappa shape index (κ1) is 25.8. The van der Waals surface area contributed by atoms with E-state index in [1.807, 2.05) is 0 Å². The SMILES string of the molecule is COc1cc2ccc1CCc1ccc(c(N3C=CN(c4cc5ccc4CCc4ccc(c(OC)c4)CC5)C3)c1)CC2. The largest absolute Gasteiger partial charge is 0.496 e. The molecule has 0 amide bonds. The van der Waals surface area contributed by atoms with Crippen molar-refractivity contribution in [2.24, 2.45) is 0 Å². The Bertz CT molecular complexity index is 1500. The van der Waals surface area contributed by atoms with Gasteiger partial charge < -0.3 is 19.3 Å². The molecular weight excluding hydrogens is 504 g/mol. The van der Waals surface area contributed by atoms with Crippen LogP contribution in [0.25, 0.3) is 0 Å². The number of hydrogen-bond acceptors (Lipinski definition) is 4. The van der Waals surface area contributed by atoms with Gasteiger partial charge in [-0.05, 0) is 120 Å². The number of ether oxygens (including phenoxy) is 2. The van der Waals surface area contributed by atoms with Gasteiger partial charge >= 0.3 is 0 Å². The molecule has 13 rings (SSSR count). The highest BCUT2D eigenvalue weighted by atomic mass is 16.5. The number of anilines is 2. The van der Waals surface area contributed by atoms with E-state index in [-0.39, 0.29) is 0 Å². The third-order valence-electron chi connectivity index (χ3n) is 9.08. The Labute approximate surface area is 243 Å². The van der Waals surface area contributed by atoms with E-state index in [4.69, 9.17) is 9.47 Å². The minimum absolute atomic E-state index is 0.829. The predicted octanol–water partition coefficient (Wildman–Crippen LogP) is 7.23. The molecule has 8 aliphatic carbocycles. The average molecular weight is 543 g/mol. The molecule has 0 fully saturated rings. The molecule has 4 nitrogen and oxygen atoms in total. The van der Waals surface area contributed by atoms with E-state index in [0.717, 1.165) is 69.5 Å². The topological polar surface area (TPSA) is 24.9 Å².